The van der Waals surface area contributed by atoms with Crippen molar-refractivity contribution in [3.05, 3.63) is 0 Å². The minimum atomic E-state index is 0.0293. The predicted molar refractivity (Wildman–Crippen MR) is 75.8 cm³/mol. The van der Waals surface area contributed by atoms with Gasteiger partial charge in [-0.15, -0.1) is 0 Å². The van der Waals surface area contributed by atoms with Crippen LogP contribution in [0.25, 0.3) is 0 Å². The quantitative estimate of drug-likeness (QED) is 0.835. The van der Waals surface area contributed by atoms with Crippen LogP contribution in [0.3, 0.4) is 0 Å². The minimum absolute atomic E-state index is 0.0293. The van der Waals surface area contributed by atoms with Crippen LogP contribution in [-0.2, 0) is 4.74 Å². The van der Waals surface area contributed by atoms with Crippen LogP contribution in [0.1, 0.15) is 40.5 Å². The third-order valence-corrected chi connectivity index (χ3v) is 4.78. The van der Waals surface area contributed by atoms with Crippen LogP contribution in [0.5, 0.6) is 0 Å². The summed E-state index contributed by atoms with van der Waals surface area (Å²) in [7, 11) is 2.12. The van der Waals surface area contributed by atoms with E-state index in [1.54, 1.807) is 0 Å². The second-order valence-corrected chi connectivity index (χ2v) is 7.40. The molecule has 2 rings (SSSR count). The third kappa shape index (κ3) is 3.06. The van der Waals surface area contributed by atoms with E-state index in [9.17, 15) is 0 Å². The van der Waals surface area contributed by atoms with Crippen molar-refractivity contribution in [2.75, 3.05) is 33.3 Å². The van der Waals surface area contributed by atoms with Crippen LogP contribution in [-0.4, -0.2) is 49.8 Å². The molecule has 1 aliphatic carbocycles. The molecule has 0 aromatic rings. The molecule has 1 aliphatic heterocycles. The molecule has 0 radical (unpaired) electrons. The van der Waals surface area contributed by atoms with Gasteiger partial charge in [-0.2, -0.15) is 0 Å². The van der Waals surface area contributed by atoms with E-state index in [2.05, 4.69) is 45.0 Å². The fraction of sp³-hybridized carbons (Fsp3) is 1.00. The average molecular weight is 254 g/mol. The van der Waals surface area contributed by atoms with Gasteiger partial charge in [0.25, 0.3) is 0 Å². The fourth-order valence-corrected chi connectivity index (χ4v) is 3.94. The van der Waals surface area contributed by atoms with Crippen molar-refractivity contribution < 1.29 is 4.74 Å². The lowest BCUT2D eigenvalue weighted by molar-refractivity contribution is -0.0896. The number of nitrogens with zero attached hydrogens (tertiary/aromatic N) is 1. The highest BCUT2D eigenvalue weighted by Crippen LogP contribution is 2.41. The smallest absolute Gasteiger partial charge is 0.0753 e. The predicted octanol–water partition coefficient (Wildman–Crippen LogP) is 2.12. The van der Waals surface area contributed by atoms with E-state index in [4.69, 9.17) is 4.74 Å². The van der Waals surface area contributed by atoms with Gasteiger partial charge in [-0.1, -0.05) is 13.8 Å². The summed E-state index contributed by atoms with van der Waals surface area (Å²) in [6.45, 7) is 13.5. The number of ether oxygens (including phenoxy) is 1. The second kappa shape index (κ2) is 5.10. The highest BCUT2D eigenvalue weighted by atomic mass is 16.5. The van der Waals surface area contributed by atoms with Gasteiger partial charge >= 0.3 is 0 Å². The Balaban J connectivity index is 1.93. The van der Waals surface area contributed by atoms with Crippen LogP contribution in [0, 0.1) is 11.3 Å². The van der Waals surface area contributed by atoms with Crippen LogP contribution >= 0.6 is 0 Å². The largest absolute Gasteiger partial charge is 0.373 e. The molecule has 2 fully saturated rings. The van der Waals surface area contributed by atoms with Gasteiger partial charge in [0.15, 0.2) is 0 Å². The summed E-state index contributed by atoms with van der Waals surface area (Å²) in [5, 5.41) is 3.56. The Hall–Kier alpha value is -0.120. The molecule has 0 aromatic carbocycles. The molecule has 3 heteroatoms. The maximum Gasteiger partial charge on any atom is 0.0753 e. The molecule has 1 heterocycles. The number of hydrogen-bond donors (Lipinski definition) is 1. The Kier molecular flexibility index (Phi) is 4.05. The molecule has 106 valence electrons. The fourth-order valence-electron chi connectivity index (χ4n) is 3.94. The molecule has 2 unspecified atom stereocenters. The molecule has 18 heavy (non-hydrogen) atoms. The van der Waals surface area contributed by atoms with Gasteiger partial charge in [0.05, 0.1) is 12.2 Å². The second-order valence-electron chi connectivity index (χ2n) is 7.40. The van der Waals surface area contributed by atoms with Crippen molar-refractivity contribution in [1.82, 2.24) is 10.2 Å². The van der Waals surface area contributed by atoms with Gasteiger partial charge in [0.2, 0.25) is 0 Å². The molecular formula is C15H30N2O. The van der Waals surface area contributed by atoms with Crippen molar-refractivity contribution in [1.29, 1.82) is 0 Å². The maximum absolute atomic E-state index is 5.80. The van der Waals surface area contributed by atoms with E-state index in [1.165, 1.54) is 19.4 Å². The lowest BCUT2D eigenvalue weighted by atomic mass is 9.84. The van der Waals surface area contributed by atoms with Crippen LogP contribution in [0.15, 0.2) is 0 Å². The molecule has 0 amide bonds. The van der Waals surface area contributed by atoms with Crippen molar-refractivity contribution in [3.8, 4) is 0 Å². The first-order valence-electron chi connectivity index (χ1n) is 7.38. The van der Waals surface area contributed by atoms with E-state index >= 15 is 0 Å². The van der Waals surface area contributed by atoms with Crippen molar-refractivity contribution in [2.45, 2.75) is 52.2 Å². The standard InChI is InChI=1S/C15H30N2O/c1-14(2)7-6-12(13(14)16-5)10-17-8-9-18-15(3,4)11-17/h12-13,16H,6-11H2,1-5H3. The number of hydrogen-bond acceptors (Lipinski definition) is 3. The number of morpholine rings is 1. The Bertz CT molecular complexity index is 288. The van der Waals surface area contributed by atoms with Gasteiger partial charge in [-0.25, -0.2) is 0 Å². The van der Waals surface area contributed by atoms with Crippen molar-refractivity contribution in [3.63, 3.8) is 0 Å². The number of nitrogens with one attached hydrogen (secondary N) is 1. The zero-order chi connectivity index (χ0) is 13.4. The lowest BCUT2D eigenvalue weighted by Gasteiger charge is -2.40. The molecule has 0 bridgehead atoms. The van der Waals surface area contributed by atoms with E-state index < -0.39 is 0 Å². The SMILES string of the molecule is CNC1C(CN2CCOC(C)(C)C2)CCC1(C)C. The van der Waals surface area contributed by atoms with E-state index in [-0.39, 0.29) is 5.60 Å². The Morgan fingerprint density at radius 2 is 2.00 bits per heavy atom. The first kappa shape index (κ1) is 14.3. The first-order chi connectivity index (χ1) is 8.34. The van der Waals surface area contributed by atoms with Gasteiger partial charge in [0, 0.05) is 25.7 Å². The number of rotatable bonds is 3. The zero-order valence-corrected chi connectivity index (χ0v) is 12.8. The summed E-state index contributed by atoms with van der Waals surface area (Å²) in [5.41, 5.74) is 0.475. The molecule has 1 N–H and O–H groups in total. The van der Waals surface area contributed by atoms with Crippen molar-refractivity contribution >= 4 is 0 Å². The summed E-state index contributed by atoms with van der Waals surface area (Å²) < 4.78 is 5.80. The first-order valence-corrected chi connectivity index (χ1v) is 7.38. The van der Waals surface area contributed by atoms with E-state index in [0.717, 1.165) is 25.6 Å². The molecule has 2 atom stereocenters. The topological polar surface area (TPSA) is 24.5 Å². The molecule has 1 saturated carbocycles. The molecule has 2 aliphatic rings. The van der Waals surface area contributed by atoms with E-state index in [1.807, 2.05) is 0 Å². The Morgan fingerprint density at radius 1 is 1.28 bits per heavy atom. The summed E-state index contributed by atoms with van der Waals surface area (Å²) in [6, 6.07) is 0.656. The van der Waals surface area contributed by atoms with Crippen molar-refractivity contribution in [2.24, 2.45) is 11.3 Å². The monoisotopic (exact) mass is 254 g/mol. The molecule has 0 aromatic heterocycles. The Labute approximate surface area is 112 Å². The van der Waals surface area contributed by atoms with Gasteiger partial charge < -0.3 is 10.1 Å². The summed E-state index contributed by atoms with van der Waals surface area (Å²) in [6.07, 6.45) is 2.70. The van der Waals surface area contributed by atoms with Crippen LogP contribution in [0.2, 0.25) is 0 Å². The summed E-state index contributed by atoms with van der Waals surface area (Å²) >= 11 is 0. The maximum atomic E-state index is 5.80. The summed E-state index contributed by atoms with van der Waals surface area (Å²) in [5.74, 6) is 0.791. The van der Waals surface area contributed by atoms with Gasteiger partial charge in [-0.05, 0) is 45.1 Å². The minimum Gasteiger partial charge on any atom is -0.373 e. The average Bonchev–Trinajstić information content (AvgIpc) is 2.52. The third-order valence-electron chi connectivity index (χ3n) is 4.78. The van der Waals surface area contributed by atoms with Gasteiger partial charge in [0.1, 0.15) is 0 Å². The normalized spacial score (nSPS) is 35.8. The Morgan fingerprint density at radius 3 is 2.61 bits per heavy atom. The molecule has 0 spiro atoms. The lowest BCUT2D eigenvalue weighted by Crippen LogP contribution is -2.51. The highest BCUT2D eigenvalue weighted by Gasteiger charge is 2.42. The van der Waals surface area contributed by atoms with E-state index in [0.29, 0.717) is 11.5 Å². The summed E-state index contributed by atoms with van der Waals surface area (Å²) in [4.78, 5) is 2.60. The highest BCUT2D eigenvalue weighted by molar-refractivity contribution is 4.97. The molecule has 1 saturated heterocycles. The molecular weight excluding hydrogens is 224 g/mol. The zero-order valence-electron chi connectivity index (χ0n) is 12.8. The van der Waals surface area contributed by atoms with Crippen LogP contribution < -0.4 is 5.32 Å². The van der Waals surface area contributed by atoms with Crippen LogP contribution in [0.4, 0.5) is 0 Å². The van der Waals surface area contributed by atoms with Gasteiger partial charge in [-0.3, -0.25) is 4.90 Å². The molecule has 3 nitrogen and oxygen atoms in total.